The smallest absolute Gasteiger partial charge is 0.313 e. The molecule has 0 bridgehead atoms. The minimum absolute atomic E-state index is 0.481. The van der Waals surface area contributed by atoms with Gasteiger partial charge in [0.25, 0.3) is 0 Å². The molecular formula is C14H17N3O3. The fourth-order valence-corrected chi connectivity index (χ4v) is 2.77. The van der Waals surface area contributed by atoms with Gasteiger partial charge in [-0.3, -0.25) is 9.69 Å². The number of hydrogen-bond donors (Lipinski definition) is 1. The lowest BCUT2D eigenvalue weighted by atomic mass is 9.98. The van der Waals surface area contributed by atoms with Crippen LogP contribution >= 0.6 is 0 Å². The quantitative estimate of drug-likeness (QED) is 0.919. The summed E-state index contributed by atoms with van der Waals surface area (Å²) >= 11 is 0. The number of nitrogens with zero attached hydrogens (tertiary/aromatic N) is 3. The SMILES string of the molecule is CCn1cnc2c1[C@H](C(=O)O)CN(Cc1ccco1)C2. The molecule has 0 aromatic carbocycles. The molecule has 6 heteroatoms. The number of rotatable bonds is 4. The van der Waals surface area contributed by atoms with Gasteiger partial charge in [0.05, 0.1) is 30.5 Å². The second-order valence-corrected chi connectivity index (χ2v) is 5.00. The topological polar surface area (TPSA) is 71.5 Å². The molecular weight excluding hydrogens is 258 g/mol. The number of furan rings is 1. The Balaban J connectivity index is 1.87. The van der Waals surface area contributed by atoms with Crippen LogP contribution in [0.4, 0.5) is 0 Å². The van der Waals surface area contributed by atoms with Crippen molar-refractivity contribution in [3.63, 3.8) is 0 Å². The standard InChI is InChI=1S/C14H17N3O3/c1-2-17-9-15-12-8-16(6-10-4-3-5-20-10)7-11(13(12)17)14(18)19/h3-5,9,11H,2,6-8H2,1H3,(H,18,19)/t11-/m1/s1. The van der Waals surface area contributed by atoms with E-state index in [4.69, 9.17) is 4.42 Å². The molecule has 1 N–H and O–H groups in total. The lowest BCUT2D eigenvalue weighted by molar-refractivity contribution is -0.139. The molecule has 3 rings (SSSR count). The van der Waals surface area contributed by atoms with Gasteiger partial charge < -0.3 is 14.1 Å². The number of carboxylic acids is 1. The highest BCUT2D eigenvalue weighted by molar-refractivity contribution is 5.76. The van der Waals surface area contributed by atoms with Gasteiger partial charge in [0, 0.05) is 19.6 Å². The zero-order valence-electron chi connectivity index (χ0n) is 11.3. The summed E-state index contributed by atoms with van der Waals surface area (Å²) in [6.07, 6.45) is 3.36. The van der Waals surface area contributed by atoms with E-state index in [1.54, 1.807) is 12.6 Å². The molecule has 106 valence electrons. The molecule has 0 aliphatic carbocycles. The number of carboxylic acid groups (broad SMARTS) is 1. The first-order chi connectivity index (χ1) is 9.69. The van der Waals surface area contributed by atoms with Crippen molar-refractivity contribution < 1.29 is 14.3 Å². The summed E-state index contributed by atoms with van der Waals surface area (Å²) in [5.41, 5.74) is 1.70. The van der Waals surface area contributed by atoms with E-state index in [0.29, 0.717) is 19.6 Å². The Bertz CT molecular complexity index is 603. The highest BCUT2D eigenvalue weighted by Gasteiger charge is 2.34. The normalized spacial score (nSPS) is 18.9. The largest absolute Gasteiger partial charge is 0.481 e. The number of fused-ring (bicyclic) bond motifs is 1. The van der Waals surface area contributed by atoms with E-state index in [1.165, 1.54) is 0 Å². The Hall–Kier alpha value is -2.08. The summed E-state index contributed by atoms with van der Waals surface area (Å²) in [4.78, 5) is 18.0. The third-order valence-corrected chi connectivity index (χ3v) is 3.70. The maximum atomic E-state index is 11.5. The van der Waals surface area contributed by atoms with Crippen LogP contribution in [-0.4, -0.2) is 32.1 Å². The molecule has 0 saturated heterocycles. The highest BCUT2D eigenvalue weighted by atomic mass is 16.4. The molecule has 0 radical (unpaired) electrons. The van der Waals surface area contributed by atoms with E-state index in [0.717, 1.165) is 23.7 Å². The summed E-state index contributed by atoms with van der Waals surface area (Å²) in [5.74, 6) is -0.491. The van der Waals surface area contributed by atoms with Crippen LogP contribution in [0.25, 0.3) is 0 Å². The number of hydrogen-bond acceptors (Lipinski definition) is 4. The molecule has 2 aromatic rings. The highest BCUT2D eigenvalue weighted by Crippen LogP contribution is 2.29. The Labute approximate surface area is 116 Å². The molecule has 0 amide bonds. The predicted molar refractivity (Wildman–Crippen MR) is 71.1 cm³/mol. The minimum Gasteiger partial charge on any atom is -0.481 e. The molecule has 2 aromatic heterocycles. The van der Waals surface area contributed by atoms with Crippen LogP contribution in [-0.2, 0) is 24.4 Å². The minimum atomic E-state index is -0.800. The van der Waals surface area contributed by atoms with Gasteiger partial charge in [-0.2, -0.15) is 0 Å². The number of carbonyl (C=O) groups is 1. The van der Waals surface area contributed by atoms with E-state index in [2.05, 4.69) is 9.88 Å². The van der Waals surface area contributed by atoms with E-state index in [1.807, 2.05) is 23.6 Å². The van der Waals surface area contributed by atoms with Crippen molar-refractivity contribution in [3.8, 4) is 0 Å². The van der Waals surface area contributed by atoms with Crippen LogP contribution < -0.4 is 0 Å². The first-order valence-electron chi connectivity index (χ1n) is 6.70. The fraction of sp³-hybridized carbons (Fsp3) is 0.429. The van der Waals surface area contributed by atoms with Crippen LogP contribution in [0, 0.1) is 0 Å². The maximum Gasteiger partial charge on any atom is 0.313 e. The number of aryl methyl sites for hydroxylation is 1. The molecule has 0 unspecified atom stereocenters. The van der Waals surface area contributed by atoms with Crippen LogP contribution in [0.3, 0.4) is 0 Å². The van der Waals surface area contributed by atoms with Gasteiger partial charge in [-0.25, -0.2) is 4.98 Å². The molecule has 0 saturated carbocycles. The van der Waals surface area contributed by atoms with E-state index in [-0.39, 0.29) is 0 Å². The summed E-state index contributed by atoms with van der Waals surface area (Å²) in [5, 5.41) is 9.48. The average molecular weight is 275 g/mol. The molecule has 20 heavy (non-hydrogen) atoms. The van der Waals surface area contributed by atoms with Gasteiger partial charge in [-0.05, 0) is 19.1 Å². The van der Waals surface area contributed by atoms with Crippen LogP contribution in [0.1, 0.15) is 30.0 Å². The van der Waals surface area contributed by atoms with Gasteiger partial charge in [0.15, 0.2) is 0 Å². The third-order valence-electron chi connectivity index (χ3n) is 3.70. The Morgan fingerprint density at radius 3 is 3.10 bits per heavy atom. The zero-order chi connectivity index (χ0) is 14.1. The monoisotopic (exact) mass is 275 g/mol. The Morgan fingerprint density at radius 1 is 1.60 bits per heavy atom. The van der Waals surface area contributed by atoms with Crippen molar-refractivity contribution in [2.45, 2.75) is 32.5 Å². The lowest BCUT2D eigenvalue weighted by Crippen LogP contribution is -2.37. The molecule has 1 atom stereocenters. The average Bonchev–Trinajstić information content (AvgIpc) is 3.06. The lowest BCUT2D eigenvalue weighted by Gasteiger charge is -2.30. The van der Waals surface area contributed by atoms with Crippen LogP contribution in [0.2, 0.25) is 0 Å². The molecule has 0 spiro atoms. The van der Waals surface area contributed by atoms with Crippen LogP contribution in [0.15, 0.2) is 29.1 Å². The summed E-state index contributed by atoms with van der Waals surface area (Å²) < 4.78 is 7.26. The summed E-state index contributed by atoms with van der Waals surface area (Å²) in [6, 6.07) is 3.74. The molecule has 1 aliphatic heterocycles. The van der Waals surface area contributed by atoms with Crippen molar-refractivity contribution in [3.05, 3.63) is 41.9 Å². The summed E-state index contributed by atoms with van der Waals surface area (Å²) in [7, 11) is 0. The van der Waals surface area contributed by atoms with Crippen molar-refractivity contribution in [1.82, 2.24) is 14.5 Å². The van der Waals surface area contributed by atoms with E-state index >= 15 is 0 Å². The first-order valence-corrected chi connectivity index (χ1v) is 6.70. The maximum absolute atomic E-state index is 11.5. The van der Waals surface area contributed by atoms with Gasteiger partial charge in [0.2, 0.25) is 0 Å². The molecule has 6 nitrogen and oxygen atoms in total. The van der Waals surface area contributed by atoms with Crippen LogP contribution in [0.5, 0.6) is 0 Å². The van der Waals surface area contributed by atoms with Crippen molar-refractivity contribution >= 4 is 5.97 Å². The van der Waals surface area contributed by atoms with Gasteiger partial charge in [0.1, 0.15) is 11.7 Å². The number of imidazole rings is 1. The molecule has 0 fully saturated rings. The van der Waals surface area contributed by atoms with Crippen molar-refractivity contribution in [1.29, 1.82) is 0 Å². The second-order valence-electron chi connectivity index (χ2n) is 5.00. The van der Waals surface area contributed by atoms with Gasteiger partial charge >= 0.3 is 5.97 Å². The number of aliphatic carboxylic acids is 1. The Kier molecular flexibility index (Phi) is 3.31. The van der Waals surface area contributed by atoms with Crippen molar-refractivity contribution in [2.75, 3.05) is 6.54 Å². The summed E-state index contributed by atoms with van der Waals surface area (Å²) in [6.45, 7) is 4.48. The first kappa shape index (κ1) is 12.9. The van der Waals surface area contributed by atoms with E-state index < -0.39 is 11.9 Å². The third kappa shape index (κ3) is 2.22. The van der Waals surface area contributed by atoms with Crippen molar-refractivity contribution in [2.24, 2.45) is 0 Å². The zero-order valence-corrected chi connectivity index (χ0v) is 11.3. The molecule has 1 aliphatic rings. The predicted octanol–water partition coefficient (Wildman–Crippen LogP) is 1.68. The molecule has 3 heterocycles. The second kappa shape index (κ2) is 5.13. The van der Waals surface area contributed by atoms with Gasteiger partial charge in [-0.1, -0.05) is 0 Å². The number of aromatic nitrogens is 2. The van der Waals surface area contributed by atoms with E-state index in [9.17, 15) is 9.90 Å². The fourth-order valence-electron chi connectivity index (χ4n) is 2.77. The Morgan fingerprint density at radius 2 is 2.45 bits per heavy atom. The van der Waals surface area contributed by atoms with Gasteiger partial charge in [-0.15, -0.1) is 0 Å².